The molecule has 1 unspecified atom stereocenters. The lowest BCUT2D eigenvalue weighted by atomic mass is 10.2. The van der Waals surface area contributed by atoms with Gasteiger partial charge in [0, 0.05) is 32.1 Å². The van der Waals surface area contributed by atoms with Gasteiger partial charge in [-0.1, -0.05) is 19.1 Å². The molecule has 0 spiro atoms. The second-order valence-electron chi connectivity index (χ2n) is 5.94. The Bertz CT molecular complexity index is 715. The molecule has 0 radical (unpaired) electrons. The molecule has 1 aromatic heterocycles. The van der Waals surface area contributed by atoms with E-state index in [1.54, 1.807) is 9.13 Å². The number of nitrogens with two attached hydrogens (primary N) is 1. The number of benzene rings is 1. The number of imidazole rings is 1. The van der Waals surface area contributed by atoms with Gasteiger partial charge in [0.2, 0.25) is 5.91 Å². The second kappa shape index (κ2) is 7.97. The third kappa shape index (κ3) is 4.22. The lowest BCUT2D eigenvalue weighted by Crippen LogP contribution is -2.31. The number of amides is 1. The van der Waals surface area contributed by atoms with Crippen LogP contribution >= 0.6 is 0 Å². The number of fused-ring (bicyclic) bond motifs is 1. The first-order valence-corrected chi connectivity index (χ1v) is 8.25. The molecule has 0 saturated heterocycles. The van der Waals surface area contributed by atoms with Gasteiger partial charge in [-0.3, -0.25) is 13.9 Å². The molecule has 23 heavy (non-hydrogen) atoms. The molecule has 1 amide bonds. The van der Waals surface area contributed by atoms with Crippen LogP contribution in [0.3, 0.4) is 0 Å². The van der Waals surface area contributed by atoms with Gasteiger partial charge in [0.05, 0.1) is 11.0 Å². The van der Waals surface area contributed by atoms with Gasteiger partial charge in [-0.05, 0) is 31.9 Å². The highest BCUT2D eigenvalue weighted by Gasteiger charge is 2.13. The second-order valence-corrected chi connectivity index (χ2v) is 5.94. The first-order chi connectivity index (χ1) is 11.0. The van der Waals surface area contributed by atoms with E-state index >= 15 is 0 Å². The Hall–Kier alpha value is -2.08. The average molecular weight is 318 g/mol. The molecule has 0 bridgehead atoms. The Labute approximate surface area is 136 Å². The standard InChI is InChI=1S/C17H26N4O2/c1-3-11-20-14-6-4-5-7-15(14)21(17(20)23)12-9-16(22)19-10-8-13(2)18/h4-7,13H,3,8-12,18H2,1-2H3,(H,19,22). The smallest absolute Gasteiger partial charge is 0.329 e. The van der Waals surface area contributed by atoms with Crippen LogP contribution in [0.4, 0.5) is 0 Å². The van der Waals surface area contributed by atoms with E-state index < -0.39 is 0 Å². The van der Waals surface area contributed by atoms with E-state index in [-0.39, 0.29) is 17.6 Å². The molecule has 0 aliphatic rings. The molecule has 0 aliphatic heterocycles. The Morgan fingerprint density at radius 2 is 1.83 bits per heavy atom. The van der Waals surface area contributed by atoms with Crippen molar-refractivity contribution in [2.75, 3.05) is 6.54 Å². The highest BCUT2D eigenvalue weighted by atomic mass is 16.2. The molecule has 6 heteroatoms. The van der Waals surface area contributed by atoms with Gasteiger partial charge in [-0.2, -0.15) is 0 Å². The lowest BCUT2D eigenvalue weighted by molar-refractivity contribution is -0.121. The number of nitrogens with one attached hydrogen (secondary N) is 1. The largest absolute Gasteiger partial charge is 0.356 e. The van der Waals surface area contributed by atoms with Crippen LogP contribution in [0.2, 0.25) is 0 Å². The van der Waals surface area contributed by atoms with Crippen LogP contribution in [-0.2, 0) is 17.9 Å². The van der Waals surface area contributed by atoms with Crippen molar-refractivity contribution in [1.29, 1.82) is 0 Å². The normalized spacial score (nSPS) is 12.5. The molecule has 1 aromatic carbocycles. The van der Waals surface area contributed by atoms with Crippen molar-refractivity contribution in [3.05, 3.63) is 34.7 Å². The van der Waals surface area contributed by atoms with E-state index in [1.165, 1.54) is 0 Å². The van der Waals surface area contributed by atoms with E-state index in [2.05, 4.69) is 5.32 Å². The molecular weight excluding hydrogens is 292 g/mol. The topological polar surface area (TPSA) is 82.0 Å². The minimum Gasteiger partial charge on any atom is -0.356 e. The van der Waals surface area contributed by atoms with Crippen LogP contribution in [-0.4, -0.2) is 27.6 Å². The van der Waals surface area contributed by atoms with E-state index in [0.717, 1.165) is 23.9 Å². The number of aromatic nitrogens is 2. The summed E-state index contributed by atoms with van der Waals surface area (Å²) in [6.45, 7) is 5.61. The quantitative estimate of drug-likeness (QED) is 0.773. The van der Waals surface area contributed by atoms with E-state index in [4.69, 9.17) is 5.73 Å². The zero-order valence-electron chi connectivity index (χ0n) is 13.9. The summed E-state index contributed by atoms with van der Waals surface area (Å²) in [7, 11) is 0. The van der Waals surface area contributed by atoms with Crippen molar-refractivity contribution < 1.29 is 4.79 Å². The van der Waals surface area contributed by atoms with Crippen LogP contribution in [0.25, 0.3) is 11.0 Å². The molecule has 0 saturated carbocycles. The molecule has 3 N–H and O–H groups in total. The number of para-hydroxylation sites is 2. The molecular formula is C17H26N4O2. The molecule has 2 aromatic rings. The van der Waals surface area contributed by atoms with E-state index in [9.17, 15) is 9.59 Å². The summed E-state index contributed by atoms with van der Waals surface area (Å²) in [6.07, 6.45) is 1.94. The van der Waals surface area contributed by atoms with Crippen molar-refractivity contribution in [3.63, 3.8) is 0 Å². The summed E-state index contributed by atoms with van der Waals surface area (Å²) in [5, 5.41) is 2.84. The monoisotopic (exact) mass is 318 g/mol. The number of hydrogen-bond acceptors (Lipinski definition) is 3. The predicted octanol–water partition coefficient (Wildman–Crippen LogP) is 1.46. The number of aryl methyl sites for hydroxylation is 2. The summed E-state index contributed by atoms with van der Waals surface area (Å²) in [4.78, 5) is 24.5. The van der Waals surface area contributed by atoms with Crippen molar-refractivity contribution >= 4 is 16.9 Å². The van der Waals surface area contributed by atoms with Crippen LogP contribution in [0, 0.1) is 0 Å². The molecule has 1 heterocycles. The summed E-state index contributed by atoms with van der Waals surface area (Å²) in [5.74, 6) is -0.0510. The Morgan fingerprint density at radius 3 is 2.39 bits per heavy atom. The van der Waals surface area contributed by atoms with Gasteiger partial charge >= 0.3 is 5.69 Å². The molecule has 6 nitrogen and oxygen atoms in total. The van der Waals surface area contributed by atoms with Crippen molar-refractivity contribution in [2.24, 2.45) is 5.73 Å². The number of nitrogens with zero attached hydrogens (tertiary/aromatic N) is 2. The molecule has 0 fully saturated rings. The number of hydrogen-bond donors (Lipinski definition) is 2. The number of carbonyl (C=O) groups excluding carboxylic acids is 1. The Morgan fingerprint density at radius 1 is 1.22 bits per heavy atom. The maximum atomic E-state index is 12.6. The van der Waals surface area contributed by atoms with E-state index in [0.29, 0.717) is 26.1 Å². The van der Waals surface area contributed by atoms with Crippen LogP contribution in [0.15, 0.2) is 29.1 Å². The third-order valence-electron chi connectivity index (χ3n) is 3.86. The molecule has 2 rings (SSSR count). The van der Waals surface area contributed by atoms with Crippen molar-refractivity contribution in [3.8, 4) is 0 Å². The zero-order valence-corrected chi connectivity index (χ0v) is 13.9. The number of rotatable bonds is 8. The maximum absolute atomic E-state index is 12.6. The molecule has 0 aliphatic carbocycles. The number of carbonyl (C=O) groups is 1. The van der Waals surface area contributed by atoms with Crippen LogP contribution < -0.4 is 16.7 Å². The maximum Gasteiger partial charge on any atom is 0.329 e. The Balaban J connectivity index is 2.10. The van der Waals surface area contributed by atoms with Gasteiger partial charge in [0.15, 0.2) is 0 Å². The molecule has 126 valence electrons. The fourth-order valence-electron chi connectivity index (χ4n) is 2.67. The SMILES string of the molecule is CCCn1c(=O)n(CCC(=O)NCCC(C)N)c2ccccc21. The van der Waals surface area contributed by atoms with Gasteiger partial charge in [-0.25, -0.2) is 4.79 Å². The highest BCUT2D eigenvalue weighted by Crippen LogP contribution is 2.13. The first-order valence-electron chi connectivity index (χ1n) is 8.25. The first kappa shape index (κ1) is 17.3. The van der Waals surface area contributed by atoms with Crippen LogP contribution in [0.1, 0.15) is 33.1 Å². The fourth-order valence-corrected chi connectivity index (χ4v) is 2.67. The molecule has 1 atom stereocenters. The minimum absolute atomic E-state index is 0.0450. The highest BCUT2D eigenvalue weighted by molar-refractivity contribution is 5.77. The average Bonchev–Trinajstić information content (AvgIpc) is 2.78. The summed E-state index contributed by atoms with van der Waals surface area (Å²) in [6, 6.07) is 7.79. The predicted molar refractivity (Wildman–Crippen MR) is 92.4 cm³/mol. The Kier molecular flexibility index (Phi) is 5.98. The zero-order chi connectivity index (χ0) is 16.8. The summed E-state index contributed by atoms with van der Waals surface area (Å²) in [5.41, 5.74) is 7.42. The van der Waals surface area contributed by atoms with Gasteiger partial charge in [0.25, 0.3) is 0 Å². The van der Waals surface area contributed by atoms with Gasteiger partial charge < -0.3 is 11.1 Å². The van der Waals surface area contributed by atoms with Crippen molar-refractivity contribution in [2.45, 2.75) is 52.2 Å². The third-order valence-corrected chi connectivity index (χ3v) is 3.86. The minimum atomic E-state index is -0.0510. The lowest BCUT2D eigenvalue weighted by Gasteiger charge is -2.07. The summed E-state index contributed by atoms with van der Waals surface area (Å²) >= 11 is 0. The fraction of sp³-hybridized carbons (Fsp3) is 0.529. The summed E-state index contributed by atoms with van der Waals surface area (Å²) < 4.78 is 3.47. The van der Waals surface area contributed by atoms with Crippen LogP contribution in [0.5, 0.6) is 0 Å². The van der Waals surface area contributed by atoms with Gasteiger partial charge in [-0.15, -0.1) is 0 Å². The van der Waals surface area contributed by atoms with Gasteiger partial charge in [0.1, 0.15) is 0 Å². The van der Waals surface area contributed by atoms with Crippen molar-refractivity contribution in [1.82, 2.24) is 14.5 Å². The van der Waals surface area contributed by atoms with E-state index in [1.807, 2.05) is 38.1 Å².